The summed E-state index contributed by atoms with van der Waals surface area (Å²) in [6.07, 6.45) is -5.98. The summed E-state index contributed by atoms with van der Waals surface area (Å²) in [5, 5.41) is 13.5. The van der Waals surface area contributed by atoms with Gasteiger partial charge in [0.25, 0.3) is 5.56 Å². The molecule has 8 nitrogen and oxygen atoms in total. The van der Waals surface area contributed by atoms with E-state index < -0.39 is 23.9 Å². The van der Waals surface area contributed by atoms with E-state index in [1.54, 1.807) is 23.1 Å². The fraction of sp³-hybridized carbons (Fsp3) is 0.524. The van der Waals surface area contributed by atoms with E-state index in [4.69, 9.17) is 21.1 Å². The molecule has 180 valence electrons. The minimum Gasteiger partial charge on any atom is -0.497 e. The summed E-state index contributed by atoms with van der Waals surface area (Å²) in [6.45, 7) is 1.50. The Morgan fingerprint density at radius 3 is 2.70 bits per heavy atom. The van der Waals surface area contributed by atoms with Crippen molar-refractivity contribution in [1.82, 2.24) is 9.55 Å². The number of methoxy groups -OCH3 is 1. The Labute approximate surface area is 192 Å². The standard InChI is InChI=1S/C21H24ClF3N4O4/c1-32-12-2-3-13(15(22)10-12)16(30)11-14-18(28-6-8-33-9-7-28)27-20-26-17(21(23,24)25)4-5-29(20)19(14)31/h2-3,10,16-17,30H,4-9,11H2,1H3,(H,26,27)/t16-,17-/m0/s1. The van der Waals surface area contributed by atoms with E-state index in [1.165, 1.54) is 11.7 Å². The van der Waals surface area contributed by atoms with Gasteiger partial charge in [-0.2, -0.15) is 18.2 Å². The largest absolute Gasteiger partial charge is 0.497 e. The first-order chi connectivity index (χ1) is 15.7. The molecule has 1 saturated heterocycles. The third-order valence-electron chi connectivity index (χ3n) is 5.86. The van der Waals surface area contributed by atoms with E-state index in [0.29, 0.717) is 37.6 Å². The molecule has 0 aliphatic carbocycles. The normalized spacial score (nSPS) is 19.6. The lowest BCUT2D eigenvalue weighted by molar-refractivity contribution is -0.145. The maximum absolute atomic E-state index is 13.4. The van der Waals surface area contributed by atoms with Crippen LogP contribution in [0.3, 0.4) is 0 Å². The highest BCUT2D eigenvalue weighted by Crippen LogP contribution is 2.33. The van der Waals surface area contributed by atoms with E-state index >= 15 is 0 Å². The molecule has 2 aromatic rings. The second kappa shape index (κ2) is 9.40. The maximum atomic E-state index is 13.4. The molecule has 0 spiro atoms. The topological polar surface area (TPSA) is 88.9 Å². The number of halogens is 4. The van der Waals surface area contributed by atoms with Crippen molar-refractivity contribution in [1.29, 1.82) is 0 Å². The molecule has 0 radical (unpaired) electrons. The van der Waals surface area contributed by atoms with Crippen molar-refractivity contribution in [2.75, 3.05) is 43.6 Å². The predicted octanol–water partition coefficient (Wildman–Crippen LogP) is 2.76. The summed E-state index contributed by atoms with van der Waals surface area (Å²) in [7, 11) is 1.49. The highest BCUT2D eigenvalue weighted by molar-refractivity contribution is 6.31. The minimum atomic E-state index is -4.46. The highest BCUT2D eigenvalue weighted by atomic mass is 35.5. The van der Waals surface area contributed by atoms with Crippen LogP contribution >= 0.6 is 11.6 Å². The van der Waals surface area contributed by atoms with Gasteiger partial charge in [0.1, 0.15) is 17.6 Å². The maximum Gasteiger partial charge on any atom is 0.408 e. The number of fused-ring (bicyclic) bond motifs is 1. The lowest BCUT2D eigenvalue weighted by Gasteiger charge is -2.33. The molecule has 3 heterocycles. The molecule has 12 heteroatoms. The summed E-state index contributed by atoms with van der Waals surface area (Å²) in [4.78, 5) is 19.6. The Bertz CT molecular complexity index is 1070. The molecule has 2 aliphatic heterocycles. The van der Waals surface area contributed by atoms with Crippen LogP contribution in [-0.4, -0.2) is 60.3 Å². The SMILES string of the molecule is COc1ccc([C@@H](O)Cc2c(N3CCOCC3)nc3n(c2=O)CC[C@@H](C(F)(F)F)N3)c(Cl)c1. The van der Waals surface area contributed by atoms with Crippen LogP contribution in [0, 0.1) is 0 Å². The zero-order valence-corrected chi connectivity index (χ0v) is 18.6. The van der Waals surface area contributed by atoms with E-state index in [2.05, 4.69) is 10.3 Å². The van der Waals surface area contributed by atoms with Gasteiger partial charge >= 0.3 is 6.18 Å². The van der Waals surface area contributed by atoms with Crippen LogP contribution in [0.15, 0.2) is 23.0 Å². The Balaban J connectivity index is 1.73. The quantitative estimate of drug-likeness (QED) is 0.669. The van der Waals surface area contributed by atoms with Crippen LogP contribution < -0.4 is 20.5 Å². The molecule has 1 fully saturated rings. The molecule has 4 rings (SSSR count). The average Bonchev–Trinajstić information content (AvgIpc) is 2.80. The van der Waals surface area contributed by atoms with Crippen LogP contribution in [0.5, 0.6) is 5.75 Å². The van der Waals surface area contributed by atoms with Crippen molar-refractivity contribution < 1.29 is 27.8 Å². The van der Waals surface area contributed by atoms with Gasteiger partial charge in [-0.25, -0.2) is 0 Å². The highest BCUT2D eigenvalue weighted by Gasteiger charge is 2.42. The molecule has 2 atom stereocenters. The van der Waals surface area contributed by atoms with Crippen molar-refractivity contribution in [2.45, 2.75) is 37.7 Å². The van der Waals surface area contributed by atoms with Crippen LogP contribution in [0.2, 0.25) is 5.02 Å². The fourth-order valence-corrected chi connectivity index (χ4v) is 4.35. The summed E-state index contributed by atoms with van der Waals surface area (Å²) >= 11 is 6.29. The monoisotopic (exact) mass is 488 g/mol. The Morgan fingerprint density at radius 2 is 2.06 bits per heavy atom. The van der Waals surface area contributed by atoms with Crippen molar-refractivity contribution in [3.05, 3.63) is 44.7 Å². The number of aliphatic hydroxyl groups is 1. The van der Waals surface area contributed by atoms with Crippen molar-refractivity contribution in [2.24, 2.45) is 0 Å². The first kappa shape index (κ1) is 23.7. The molecule has 1 aromatic carbocycles. The van der Waals surface area contributed by atoms with E-state index in [-0.39, 0.29) is 41.7 Å². The van der Waals surface area contributed by atoms with Crippen LogP contribution in [0.25, 0.3) is 0 Å². The second-order valence-electron chi connectivity index (χ2n) is 7.93. The number of ether oxygens (including phenoxy) is 2. The van der Waals surface area contributed by atoms with E-state index in [9.17, 15) is 23.1 Å². The molecule has 2 N–H and O–H groups in total. The van der Waals surface area contributed by atoms with Gasteiger partial charge in [-0.15, -0.1) is 0 Å². The van der Waals surface area contributed by atoms with Crippen LogP contribution in [-0.2, 0) is 17.7 Å². The molecule has 0 saturated carbocycles. The van der Waals surface area contributed by atoms with Gasteiger partial charge in [0, 0.05) is 26.1 Å². The number of hydrogen-bond acceptors (Lipinski definition) is 7. The molecular weight excluding hydrogens is 465 g/mol. The second-order valence-corrected chi connectivity index (χ2v) is 8.34. The van der Waals surface area contributed by atoms with Gasteiger partial charge in [-0.05, 0) is 24.1 Å². The van der Waals surface area contributed by atoms with Gasteiger partial charge in [0.2, 0.25) is 5.95 Å². The lowest BCUT2D eigenvalue weighted by Crippen LogP contribution is -2.46. The number of aliphatic hydroxyl groups excluding tert-OH is 1. The zero-order chi connectivity index (χ0) is 23.8. The van der Waals surface area contributed by atoms with E-state index in [0.717, 1.165) is 0 Å². The summed E-state index contributed by atoms with van der Waals surface area (Å²) in [5.41, 5.74) is 0.133. The minimum absolute atomic E-state index is 0.104. The van der Waals surface area contributed by atoms with Crippen molar-refractivity contribution >= 4 is 23.4 Å². The summed E-state index contributed by atoms with van der Waals surface area (Å²) in [5.74, 6) is 0.634. The molecule has 1 aromatic heterocycles. The molecule has 0 bridgehead atoms. The summed E-state index contributed by atoms with van der Waals surface area (Å²) in [6, 6.07) is 3.03. The first-order valence-electron chi connectivity index (χ1n) is 10.5. The number of rotatable bonds is 5. The van der Waals surface area contributed by atoms with Gasteiger partial charge < -0.3 is 24.8 Å². The van der Waals surface area contributed by atoms with Gasteiger partial charge in [0.15, 0.2) is 0 Å². The molecule has 33 heavy (non-hydrogen) atoms. The Morgan fingerprint density at radius 1 is 1.33 bits per heavy atom. The number of nitrogens with one attached hydrogen (secondary N) is 1. The zero-order valence-electron chi connectivity index (χ0n) is 17.9. The number of alkyl halides is 3. The Hall–Kier alpha value is -2.50. The molecule has 0 unspecified atom stereocenters. The predicted molar refractivity (Wildman–Crippen MR) is 116 cm³/mol. The van der Waals surface area contributed by atoms with Gasteiger partial charge in [-0.1, -0.05) is 17.7 Å². The van der Waals surface area contributed by atoms with Crippen molar-refractivity contribution in [3.63, 3.8) is 0 Å². The molecular formula is C21H24ClF3N4O4. The fourth-order valence-electron chi connectivity index (χ4n) is 4.06. The van der Waals surface area contributed by atoms with Crippen LogP contribution in [0.1, 0.15) is 23.7 Å². The van der Waals surface area contributed by atoms with Crippen LogP contribution in [0.4, 0.5) is 24.9 Å². The number of nitrogens with zero attached hydrogens (tertiary/aromatic N) is 3. The summed E-state index contributed by atoms with van der Waals surface area (Å²) < 4.78 is 51.5. The van der Waals surface area contributed by atoms with E-state index in [1.807, 2.05) is 0 Å². The smallest absolute Gasteiger partial charge is 0.408 e. The molecule has 0 amide bonds. The average molecular weight is 489 g/mol. The number of benzene rings is 1. The third-order valence-corrected chi connectivity index (χ3v) is 6.18. The van der Waals surface area contributed by atoms with Gasteiger partial charge in [0.05, 0.1) is 37.0 Å². The number of aromatic nitrogens is 2. The number of anilines is 2. The van der Waals surface area contributed by atoms with Crippen molar-refractivity contribution in [3.8, 4) is 5.75 Å². The van der Waals surface area contributed by atoms with Gasteiger partial charge in [-0.3, -0.25) is 9.36 Å². The Kier molecular flexibility index (Phi) is 6.73. The number of morpholine rings is 1. The molecule has 2 aliphatic rings. The first-order valence-corrected chi connectivity index (χ1v) is 10.9. The number of hydrogen-bond donors (Lipinski definition) is 2. The third kappa shape index (κ3) is 4.90. The lowest BCUT2D eigenvalue weighted by atomic mass is 10.0.